The number of carbonyl (C=O) groups is 1. The second-order valence-electron chi connectivity index (χ2n) is 1.15. The standard InChI is InChI=1S/C3H9GeNO2S/c1-4-8-5-2-3(6)7/h5H,2,4H2,1H3,(H,6,7). The summed E-state index contributed by atoms with van der Waals surface area (Å²) in [6.07, 6.45) is 0. The first-order valence-electron chi connectivity index (χ1n) is 2.33. The van der Waals surface area contributed by atoms with Crippen molar-refractivity contribution in [1.29, 1.82) is 0 Å². The van der Waals surface area contributed by atoms with Crippen LogP contribution in [0.2, 0.25) is 5.76 Å². The molecule has 0 radical (unpaired) electrons. The maximum atomic E-state index is 9.82. The van der Waals surface area contributed by atoms with E-state index in [1.165, 1.54) is 0 Å². The van der Waals surface area contributed by atoms with Gasteiger partial charge in [-0.15, -0.1) is 0 Å². The molecule has 0 saturated heterocycles. The molecule has 0 rings (SSSR count). The molecule has 0 aliphatic carbocycles. The molecular weight excluding hydrogens is 187 g/mol. The number of nitrogens with one attached hydrogen (secondary N) is 1. The van der Waals surface area contributed by atoms with Gasteiger partial charge in [0.2, 0.25) is 0 Å². The van der Waals surface area contributed by atoms with Gasteiger partial charge in [-0.1, -0.05) is 0 Å². The minimum atomic E-state index is -0.784. The van der Waals surface area contributed by atoms with Crippen LogP contribution in [0, 0.1) is 0 Å². The van der Waals surface area contributed by atoms with Crippen molar-refractivity contribution in [2.45, 2.75) is 5.76 Å². The molecule has 0 aromatic heterocycles. The number of rotatable bonds is 4. The molecule has 0 heterocycles. The summed E-state index contributed by atoms with van der Waals surface area (Å²) in [6.45, 7) is 0.0871. The van der Waals surface area contributed by atoms with E-state index in [0.29, 0.717) is 0 Å². The Kier molecular flexibility index (Phi) is 5.68. The van der Waals surface area contributed by atoms with Gasteiger partial charge in [-0.3, -0.25) is 0 Å². The topological polar surface area (TPSA) is 49.3 Å². The average Bonchev–Trinajstić information content (AvgIpc) is 1.66. The molecule has 2 N–H and O–H groups in total. The number of carboxylic acids is 1. The minimum absolute atomic E-state index is 0.0871. The number of carboxylic acid groups (broad SMARTS) is 1. The normalized spacial score (nSPS) is 10.6. The van der Waals surface area contributed by atoms with Crippen molar-refractivity contribution in [2.75, 3.05) is 6.54 Å². The van der Waals surface area contributed by atoms with Gasteiger partial charge in [0, 0.05) is 0 Å². The van der Waals surface area contributed by atoms with E-state index in [2.05, 4.69) is 10.5 Å². The fourth-order valence-corrected chi connectivity index (χ4v) is 2.57. The van der Waals surface area contributed by atoms with Gasteiger partial charge in [0.15, 0.2) is 0 Å². The van der Waals surface area contributed by atoms with Crippen molar-refractivity contribution < 1.29 is 9.90 Å². The fraction of sp³-hybridized carbons (Fsp3) is 0.667. The summed E-state index contributed by atoms with van der Waals surface area (Å²) < 4.78 is 2.73. The molecule has 0 saturated carbocycles. The van der Waals surface area contributed by atoms with E-state index in [0.717, 1.165) is 0 Å². The molecule has 8 heavy (non-hydrogen) atoms. The van der Waals surface area contributed by atoms with Crippen LogP contribution in [-0.2, 0) is 4.79 Å². The summed E-state index contributed by atoms with van der Waals surface area (Å²) in [5.74, 6) is 1.36. The van der Waals surface area contributed by atoms with Crippen molar-refractivity contribution in [3.63, 3.8) is 0 Å². The summed E-state index contributed by atoms with van der Waals surface area (Å²) in [6, 6.07) is 0. The summed E-state index contributed by atoms with van der Waals surface area (Å²) in [7, 11) is 1.59. The van der Waals surface area contributed by atoms with Gasteiger partial charge >= 0.3 is 57.5 Å². The average molecular weight is 196 g/mol. The molecule has 0 fully saturated rings. The molecule has 0 bridgehead atoms. The van der Waals surface area contributed by atoms with Crippen molar-refractivity contribution in [3.8, 4) is 0 Å². The summed E-state index contributed by atoms with van der Waals surface area (Å²) in [5, 5.41) is 8.09. The van der Waals surface area contributed by atoms with E-state index in [1.54, 1.807) is 10.3 Å². The van der Waals surface area contributed by atoms with Crippen LogP contribution in [0.5, 0.6) is 0 Å². The van der Waals surface area contributed by atoms with Gasteiger partial charge in [-0.2, -0.15) is 0 Å². The molecular formula is C3H9GeNO2S. The third-order valence-electron chi connectivity index (χ3n) is 0.470. The quantitative estimate of drug-likeness (QED) is 0.359. The summed E-state index contributed by atoms with van der Waals surface area (Å²) >= 11 is -0.431. The monoisotopic (exact) mass is 197 g/mol. The Morgan fingerprint density at radius 1 is 2.00 bits per heavy atom. The number of aliphatic carboxylic acids is 1. The first-order valence-corrected chi connectivity index (χ1v) is 9.92. The molecule has 0 amide bonds. The molecule has 5 heteroatoms. The van der Waals surface area contributed by atoms with Crippen LogP contribution in [0.1, 0.15) is 0 Å². The van der Waals surface area contributed by atoms with Crippen molar-refractivity contribution in [1.82, 2.24) is 4.72 Å². The van der Waals surface area contributed by atoms with Crippen LogP contribution in [0.25, 0.3) is 0 Å². The van der Waals surface area contributed by atoms with Crippen molar-refractivity contribution in [2.24, 2.45) is 0 Å². The fourth-order valence-electron chi connectivity index (χ4n) is 0.215. The van der Waals surface area contributed by atoms with Crippen molar-refractivity contribution >= 4 is 30.5 Å². The molecule has 0 unspecified atom stereocenters. The van der Waals surface area contributed by atoms with Crippen LogP contribution < -0.4 is 4.72 Å². The Morgan fingerprint density at radius 2 is 2.62 bits per heavy atom. The van der Waals surface area contributed by atoms with E-state index in [4.69, 9.17) is 5.11 Å². The molecule has 0 aliphatic heterocycles. The Bertz CT molecular complexity index is 79.7. The van der Waals surface area contributed by atoms with Gasteiger partial charge < -0.3 is 0 Å². The van der Waals surface area contributed by atoms with Gasteiger partial charge in [-0.05, 0) is 0 Å². The zero-order chi connectivity index (χ0) is 6.41. The predicted molar refractivity (Wildman–Crippen MR) is 37.6 cm³/mol. The maximum absolute atomic E-state index is 9.82. The first kappa shape index (κ1) is 8.32. The number of hydrogen-bond acceptors (Lipinski definition) is 3. The molecule has 0 spiro atoms. The van der Waals surface area contributed by atoms with E-state index in [1.807, 2.05) is 0 Å². The van der Waals surface area contributed by atoms with Gasteiger partial charge in [0.05, 0.1) is 0 Å². The second-order valence-corrected chi connectivity index (χ2v) is 7.75. The van der Waals surface area contributed by atoms with Crippen LogP contribution >= 0.6 is 10.3 Å². The second kappa shape index (κ2) is 5.46. The van der Waals surface area contributed by atoms with Gasteiger partial charge in [-0.25, -0.2) is 0 Å². The van der Waals surface area contributed by atoms with Crippen LogP contribution in [0.15, 0.2) is 0 Å². The van der Waals surface area contributed by atoms with E-state index < -0.39 is 20.3 Å². The zero-order valence-electron chi connectivity index (χ0n) is 4.68. The number of hydrogen-bond donors (Lipinski definition) is 2. The van der Waals surface area contributed by atoms with E-state index >= 15 is 0 Å². The Balaban J connectivity index is 2.82. The van der Waals surface area contributed by atoms with E-state index in [9.17, 15) is 4.79 Å². The molecule has 3 nitrogen and oxygen atoms in total. The molecule has 0 aromatic carbocycles. The van der Waals surface area contributed by atoms with Crippen molar-refractivity contribution in [3.05, 3.63) is 0 Å². The molecule has 48 valence electrons. The SMILES string of the molecule is [CH3][GeH2][S]NCC(=O)O. The Hall–Kier alpha value is 0.323. The van der Waals surface area contributed by atoms with E-state index in [-0.39, 0.29) is 6.54 Å². The Morgan fingerprint density at radius 3 is 3.00 bits per heavy atom. The molecule has 0 atom stereocenters. The van der Waals surface area contributed by atoms with Crippen LogP contribution in [-0.4, -0.2) is 31.9 Å². The van der Waals surface area contributed by atoms with Crippen LogP contribution in [0.3, 0.4) is 0 Å². The molecule has 0 aromatic rings. The first-order chi connectivity index (χ1) is 3.77. The molecule has 0 aliphatic rings. The third kappa shape index (κ3) is 6.32. The van der Waals surface area contributed by atoms with Crippen LogP contribution in [0.4, 0.5) is 0 Å². The zero-order valence-corrected chi connectivity index (χ0v) is 8.46. The van der Waals surface area contributed by atoms with Gasteiger partial charge in [0.1, 0.15) is 0 Å². The summed E-state index contributed by atoms with van der Waals surface area (Å²) in [5.41, 5.74) is 0. The Labute approximate surface area is 57.8 Å². The predicted octanol–water partition coefficient (Wildman–Crippen LogP) is -0.559. The third-order valence-corrected chi connectivity index (χ3v) is 4.21. The van der Waals surface area contributed by atoms with Gasteiger partial charge in [0.25, 0.3) is 0 Å². The summed E-state index contributed by atoms with van der Waals surface area (Å²) in [4.78, 5) is 9.82.